The Labute approximate surface area is 84.3 Å². The first kappa shape index (κ1) is 11.0. The molecule has 0 fully saturated rings. The van der Waals surface area contributed by atoms with Crippen LogP contribution in [0.3, 0.4) is 0 Å². The van der Waals surface area contributed by atoms with Crippen LogP contribution in [0, 0.1) is 5.92 Å². The number of aromatic amines is 1. The highest BCUT2D eigenvalue weighted by molar-refractivity contribution is 5.20. The van der Waals surface area contributed by atoms with Crippen molar-refractivity contribution in [2.75, 3.05) is 6.61 Å². The number of aromatic nitrogens is 2. The van der Waals surface area contributed by atoms with Gasteiger partial charge in [0, 0.05) is 6.42 Å². The maximum absolute atomic E-state index is 9.04. The van der Waals surface area contributed by atoms with Crippen molar-refractivity contribution in [1.29, 1.82) is 0 Å². The molecule has 4 heteroatoms. The second kappa shape index (κ2) is 5.00. The lowest BCUT2D eigenvalue weighted by atomic mass is 10.1. The van der Waals surface area contributed by atoms with Crippen molar-refractivity contribution in [1.82, 2.24) is 9.97 Å². The molecule has 4 nitrogen and oxygen atoms in total. The van der Waals surface area contributed by atoms with Gasteiger partial charge in [-0.1, -0.05) is 13.8 Å². The number of nitrogens with one attached hydrogen (secondary N) is 1. The molecule has 0 aliphatic heterocycles. The number of rotatable bonds is 5. The Bertz CT molecular complexity index is 282. The van der Waals surface area contributed by atoms with Crippen LogP contribution in [0.1, 0.15) is 32.3 Å². The molecule has 0 amide bonds. The minimum absolute atomic E-state index is 0.0551. The van der Waals surface area contributed by atoms with Crippen LogP contribution in [0.2, 0.25) is 0 Å². The van der Waals surface area contributed by atoms with Gasteiger partial charge < -0.3 is 14.8 Å². The zero-order valence-corrected chi connectivity index (χ0v) is 9.00. The van der Waals surface area contributed by atoms with E-state index in [0.717, 1.165) is 12.2 Å². The van der Waals surface area contributed by atoms with E-state index in [2.05, 4.69) is 23.8 Å². The first-order valence-corrected chi connectivity index (χ1v) is 4.98. The molecule has 0 aliphatic carbocycles. The Morgan fingerprint density at radius 1 is 1.50 bits per heavy atom. The molecule has 0 aliphatic rings. The largest absolute Gasteiger partial charge is 0.477 e. The molecule has 1 aromatic heterocycles. The zero-order valence-electron chi connectivity index (χ0n) is 9.00. The molecule has 0 radical (unpaired) electrons. The molecular formula is C10H18N2O2. The molecule has 0 unspecified atom stereocenters. The van der Waals surface area contributed by atoms with Crippen molar-refractivity contribution >= 4 is 0 Å². The Hall–Kier alpha value is -1.03. The summed E-state index contributed by atoms with van der Waals surface area (Å²) in [5, 5.41) is 9.04. The third kappa shape index (κ3) is 2.73. The lowest BCUT2D eigenvalue weighted by Crippen LogP contribution is -1.96. The number of aliphatic hydroxyl groups excluding tert-OH is 1. The van der Waals surface area contributed by atoms with E-state index in [1.165, 1.54) is 0 Å². The van der Waals surface area contributed by atoms with Crippen LogP contribution in [0.25, 0.3) is 0 Å². The fourth-order valence-corrected chi connectivity index (χ4v) is 1.29. The third-order valence-corrected chi connectivity index (χ3v) is 1.83. The summed E-state index contributed by atoms with van der Waals surface area (Å²) in [6.45, 7) is 6.67. The summed E-state index contributed by atoms with van der Waals surface area (Å²) in [6, 6.07) is 0. The molecule has 0 aromatic carbocycles. The molecule has 2 N–H and O–H groups in total. The van der Waals surface area contributed by atoms with E-state index in [-0.39, 0.29) is 6.61 Å². The molecule has 0 atom stereocenters. The van der Waals surface area contributed by atoms with Gasteiger partial charge in [0.25, 0.3) is 0 Å². The molecule has 1 heterocycles. The number of hydrogen-bond donors (Lipinski definition) is 2. The SMILES string of the molecule is CCOc1nc(CC(C)C)[nH]c1CO. The molecule has 1 rings (SSSR count). The lowest BCUT2D eigenvalue weighted by Gasteiger charge is -1.99. The van der Waals surface area contributed by atoms with E-state index in [4.69, 9.17) is 9.84 Å². The topological polar surface area (TPSA) is 58.1 Å². The van der Waals surface area contributed by atoms with E-state index in [0.29, 0.717) is 24.1 Å². The van der Waals surface area contributed by atoms with Gasteiger partial charge in [0.1, 0.15) is 11.5 Å². The molecule has 1 aromatic rings. The first-order chi connectivity index (χ1) is 6.67. The highest BCUT2D eigenvalue weighted by atomic mass is 16.5. The van der Waals surface area contributed by atoms with Gasteiger partial charge in [0.05, 0.1) is 13.2 Å². The van der Waals surface area contributed by atoms with Gasteiger partial charge in [0.2, 0.25) is 5.88 Å². The molecule has 0 saturated carbocycles. The highest BCUT2D eigenvalue weighted by Crippen LogP contribution is 2.17. The van der Waals surface area contributed by atoms with Crippen molar-refractivity contribution in [2.45, 2.75) is 33.8 Å². The fraction of sp³-hybridized carbons (Fsp3) is 0.700. The summed E-state index contributed by atoms with van der Waals surface area (Å²) in [5.41, 5.74) is 0.669. The summed E-state index contributed by atoms with van der Waals surface area (Å²) >= 11 is 0. The molecule has 80 valence electrons. The summed E-state index contributed by atoms with van der Waals surface area (Å²) in [5.74, 6) is 1.96. The lowest BCUT2D eigenvalue weighted by molar-refractivity contribution is 0.260. The summed E-state index contributed by atoms with van der Waals surface area (Å²) in [7, 11) is 0. The van der Waals surface area contributed by atoms with Crippen LogP contribution in [0.4, 0.5) is 0 Å². The fourth-order valence-electron chi connectivity index (χ4n) is 1.29. The van der Waals surface area contributed by atoms with Gasteiger partial charge in [-0.05, 0) is 12.8 Å². The maximum atomic E-state index is 9.04. The molecule has 0 saturated heterocycles. The highest BCUT2D eigenvalue weighted by Gasteiger charge is 2.10. The zero-order chi connectivity index (χ0) is 10.6. The molecule has 0 bridgehead atoms. The van der Waals surface area contributed by atoms with Gasteiger partial charge in [0.15, 0.2) is 0 Å². The van der Waals surface area contributed by atoms with Gasteiger partial charge >= 0.3 is 0 Å². The number of hydrogen-bond acceptors (Lipinski definition) is 3. The predicted molar refractivity (Wildman–Crippen MR) is 54.2 cm³/mol. The quantitative estimate of drug-likeness (QED) is 0.753. The monoisotopic (exact) mass is 198 g/mol. The molecule has 14 heavy (non-hydrogen) atoms. The van der Waals surface area contributed by atoms with E-state index in [1.807, 2.05) is 6.92 Å². The second-order valence-corrected chi connectivity index (χ2v) is 3.66. The maximum Gasteiger partial charge on any atom is 0.237 e. The number of nitrogens with zero attached hydrogens (tertiary/aromatic N) is 1. The van der Waals surface area contributed by atoms with Crippen LogP contribution in [-0.2, 0) is 13.0 Å². The number of H-pyrrole nitrogens is 1. The van der Waals surface area contributed by atoms with Crippen molar-refractivity contribution in [2.24, 2.45) is 5.92 Å². The Morgan fingerprint density at radius 2 is 2.21 bits per heavy atom. The van der Waals surface area contributed by atoms with Crippen molar-refractivity contribution < 1.29 is 9.84 Å². The summed E-state index contributed by atoms with van der Waals surface area (Å²) in [4.78, 5) is 7.33. The van der Waals surface area contributed by atoms with Crippen molar-refractivity contribution in [3.63, 3.8) is 0 Å². The number of imidazole rings is 1. The number of aliphatic hydroxyl groups is 1. The van der Waals surface area contributed by atoms with E-state index in [9.17, 15) is 0 Å². The van der Waals surface area contributed by atoms with E-state index < -0.39 is 0 Å². The van der Waals surface area contributed by atoms with Crippen molar-refractivity contribution in [3.05, 3.63) is 11.5 Å². The average Bonchev–Trinajstić information content (AvgIpc) is 2.47. The van der Waals surface area contributed by atoms with Crippen LogP contribution < -0.4 is 4.74 Å². The Kier molecular flexibility index (Phi) is 3.95. The Balaban J connectivity index is 2.77. The van der Waals surface area contributed by atoms with Gasteiger partial charge in [-0.25, -0.2) is 0 Å². The molecular weight excluding hydrogens is 180 g/mol. The van der Waals surface area contributed by atoms with Crippen LogP contribution in [-0.4, -0.2) is 21.7 Å². The van der Waals surface area contributed by atoms with Crippen LogP contribution in [0.15, 0.2) is 0 Å². The van der Waals surface area contributed by atoms with Gasteiger partial charge in [-0.15, -0.1) is 0 Å². The minimum atomic E-state index is -0.0551. The Morgan fingerprint density at radius 3 is 2.71 bits per heavy atom. The predicted octanol–water partition coefficient (Wildman–Crippen LogP) is 1.50. The number of ether oxygens (including phenoxy) is 1. The summed E-state index contributed by atoms with van der Waals surface area (Å²) in [6.07, 6.45) is 0.875. The smallest absolute Gasteiger partial charge is 0.237 e. The van der Waals surface area contributed by atoms with Crippen LogP contribution >= 0.6 is 0 Å². The minimum Gasteiger partial charge on any atom is -0.477 e. The third-order valence-electron chi connectivity index (χ3n) is 1.83. The van der Waals surface area contributed by atoms with E-state index in [1.54, 1.807) is 0 Å². The van der Waals surface area contributed by atoms with Gasteiger partial charge in [-0.2, -0.15) is 4.98 Å². The van der Waals surface area contributed by atoms with Crippen LogP contribution in [0.5, 0.6) is 5.88 Å². The first-order valence-electron chi connectivity index (χ1n) is 4.98. The standard InChI is InChI=1S/C10H18N2O2/c1-4-14-10-8(6-13)11-9(12-10)5-7(2)3/h7,13H,4-6H2,1-3H3,(H,11,12). The average molecular weight is 198 g/mol. The second-order valence-electron chi connectivity index (χ2n) is 3.66. The summed E-state index contributed by atoms with van der Waals surface area (Å²) < 4.78 is 5.29. The van der Waals surface area contributed by atoms with Gasteiger partial charge in [-0.3, -0.25) is 0 Å². The van der Waals surface area contributed by atoms with E-state index >= 15 is 0 Å². The van der Waals surface area contributed by atoms with Crippen molar-refractivity contribution in [3.8, 4) is 5.88 Å². The normalized spacial score (nSPS) is 10.9. The molecule has 0 spiro atoms.